The lowest BCUT2D eigenvalue weighted by Crippen LogP contribution is -2.10. The van der Waals surface area contributed by atoms with Crippen LogP contribution in [0.25, 0.3) is 0 Å². The SMILES string of the molecule is Cl.Cl.NC(=O)CCCc1ccccc1F. The van der Waals surface area contributed by atoms with Gasteiger partial charge in [-0.3, -0.25) is 4.79 Å². The molecule has 0 radical (unpaired) electrons. The number of aryl methyl sites for hydroxylation is 1. The first-order valence-electron chi connectivity index (χ1n) is 4.22. The largest absolute Gasteiger partial charge is 0.370 e. The van der Waals surface area contributed by atoms with E-state index in [-0.39, 0.29) is 36.5 Å². The highest BCUT2D eigenvalue weighted by atomic mass is 35.5. The molecule has 0 saturated heterocycles. The smallest absolute Gasteiger partial charge is 0.217 e. The Bertz CT molecular complexity index is 307. The van der Waals surface area contributed by atoms with Gasteiger partial charge in [-0.15, -0.1) is 24.8 Å². The summed E-state index contributed by atoms with van der Waals surface area (Å²) in [5.41, 5.74) is 5.60. The van der Waals surface area contributed by atoms with Gasteiger partial charge in [0, 0.05) is 6.42 Å². The molecule has 5 heteroatoms. The highest BCUT2D eigenvalue weighted by Crippen LogP contribution is 2.09. The summed E-state index contributed by atoms with van der Waals surface area (Å²) in [5, 5.41) is 0. The van der Waals surface area contributed by atoms with Crippen LogP contribution in [0.5, 0.6) is 0 Å². The summed E-state index contributed by atoms with van der Waals surface area (Å²) in [6.45, 7) is 0. The van der Waals surface area contributed by atoms with Crippen LogP contribution in [0.1, 0.15) is 18.4 Å². The summed E-state index contributed by atoms with van der Waals surface area (Å²) < 4.78 is 13.0. The highest BCUT2D eigenvalue weighted by molar-refractivity contribution is 5.85. The highest BCUT2D eigenvalue weighted by Gasteiger charge is 2.01. The van der Waals surface area contributed by atoms with Crippen molar-refractivity contribution in [2.75, 3.05) is 0 Å². The number of hydrogen-bond donors (Lipinski definition) is 1. The number of amides is 1. The molecule has 0 saturated carbocycles. The summed E-state index contributed by atoms with van der Waals surface area (Å²) in [6.07, 6.45) is 1.49. The number of primary amides is 1. The Balaban J connectivity index is 0. The third kappa shape index (κ3) is 6.31. The molecule has 0 heterocycles. The van der Waals surface area contributed by atoms with Crippen LogP contribution in [0.2, 0.25) is 0 Å². The Morgan fingerprint density at radius 2 is 1.87 bits per heavy atom. The quantitative estimate of drug-likeness (QED) is 0.881. The fraction of sp³-hybridized carbons (Fsp3) is 0.300. The number of hydrogen-bond acceptors (Lipinski definition) is 1. The molecule has 0 aromatic heterocycles. The van der Waals surface area contributed by atoms with Crippen molar-refractivity contribution in [3.63, 3.8) is 0 Å². The minimum atomic E-state index is -0.337. The summed E-state index contributed by atoms with van der Waals surface area (Å²) in [7, 11) is 0. The van der Waals surface area contributed by atoms with E-state index in [1.807, 2.05) is 0 Å². The van der Waals surface area contributed by atoms with Crippen LogP contribution in [0.4, 0.5) is 4.39 Å². The second-order valence-electron chi connectivity index (χ2n) is 2.91. The molecule has 2 nitrogen and oxygen atoms in total. The van der Waals surface area contributed by atoms with Crippen molar-refractivity contribution in [3.05, 3.63) is 35.6 Å². The van der Waals surface area contributed by atoms with Gasteiger partial charge < -0.3 is 5.73 Å². The van der Waals surface area contributed by atoms with Crippen molar-refractivity contribution >= 4 is 30.7 Å². The van der Waals surface area contributed by atoms with Gasteiger partial charge >= 0.3 is 0 Å². The molecule has 0 aliphatic heterocycles. The standard InChI is InChI=1S/C10H12FNO.2ClH/c11-9-6-2-1-4-8(9)5-3-7-10(12)13;;/h1-2,4,6H,3,5,7H2,(H2,12,13);2*1H. The van der Waals surface area contributed by atoms with E-state index >= 15 is 0 Å². The van der Waals surface area contributed by atoms with Gasteiger partial charge in [0.2, 0.25) is 5.91 Å². The van der Waals surface area contributed by atoms with Gasteiger partial charge in [0.1, 0.15) is 5.82 Å². The van der Waals surface area contributed by atoms with Crippen LogP contribution in [-0.4, -0.2) is 5.91 Å². The molecule has 1 amide bonds. The van der Waals surface area contributed by atoms with E-state index in [0.717, 1.165) is 0 Å². The van der Waals surface area contributed by atoms with E-state index in [4.69, 9.17) is 5.73 Å². The van der Waals surface area contributed by atoms with Gasteiger partial charge in [0.15, 0.2) is 0 Å². The molecule has 0 unspecified atom stereocenters. The average Bonchev–Trinajstić information content (AvgIpc) is 2.08. The zero-order valence-corrected chi connectivity index (χ0v) is 9.74. The second kappa shape index (κ2) is 8.50. The summed E-state index contributed by atoms with van der Waals surface area (Å²) in [4.78, 5) is 10.4. The number of rotatable bonds is 4. The monoisotopic (exact) mass is 253 g/mol. The molecule has 0 bridgehead atoms. The molecule has 0 spiro atoms. The predicted octanol–water partition coefficient (Wildman–Crippen LogP) is 2.48. The van der Waals surface area contributed by atoms with Gasteiger partial charge in [-0.2, -0.15) is 0 Å². The van der Waals surface area contributed by atoms with Crippen LogP contribution in [0, 0.1) is 5.82 Å². The van der Waals surface area contributed by atoms with Gasteiger partial charge in [0.05, 0.1) is 0 Å². The zero-order chi connectivity index (χ0) is 9.68. The van der Waals surface area contributed by atoms with E-state index in [2.05, 4.69) is 0 Å². The van der Waals surface area contributed by atoms with Crippen molar-refractivity contribution in [1.82, 2.24) is 0 Å². The fourth-order valence-electron chi connectivity index (χ4n) is 1.15. The maximum absolute atomic E-state index is 13.0. The Morgan fingerprint density at radius 3 is 2.40 bits per heavy atom. The van der Waals surface area contributed by atoms with Crippen molar-refractivity contribution in [1.29, 1.82) is 0 Å². The normalized spacial score (nSPS) is 8.60. The maximum atomic E-state index is 13.0. The van der Waals surface area contributed by atoms with Crippen LogP contribution >= 0.6 is 24.8 Å². The van der Waals surface area contributed by atoms with Crippen molar-refractivity contribution in [2.45, 2.75) is 19.3 Å². The Hall–Kier alpha value is -0.800. The topological polar surface area (TPSA) is 43.1 Å². The predicted molar refractivity (Wildman–Crippen MR) is 63.0 cm³/mol. The maximum Gasteiger partial charge on any atom is 0.217 e. The van der Waals surface area contributed by atoms with E-state index in [9.17, 15) is 9.18 Å². The van der Waals surface area contributed by atoms with Crippen molar-refractivity contribution in [2.24, 2.45) is 5.73 Å². The van der Waals surface area contributed by atoms with Crippen LogP contribution < -0.4 is 5.73 Å². The second-order valence-corrected chi connectivity index (χ2v) is 2.91. The molecule has 0 aliphatic rings. The zero-order valence-electron chi connectivity index (χ0n) is 8.11. The van der Waals surface area contributed by atoms with Gasteiger partial charge in [-0.1, -0.05) is 18.2 Å². The molecular weight excluding hydrogens is 240 g/mol. The average molecular weight is 254 g/mol. The lowest BCUT2D eigenvalue weighted by molar-refractivity contribution is -0.118. The lowest BCUT2D eigenvalue weighted by atomic mass is 10.1. The first-order chi connectivity index (χ1) is 6.20. The van der Waals surface area contributed by atoms with E-state index in [1.165, 1.54) is 6.07 Å². The Morgan fingerprint density at radius 1 is 1.27 bits per heavy atom. The first-order valence-corrected chi connectivity index (χ1v) is 4.22. The number of nitrogens with two attached hydrogens (primary N) is 1. The minimum absolute atomic E-state index is 0. The van der Waals surface area contributed by atoms with Crippen molar-refractivity contribution in [3.8, 4) is 0 Å². The van der Waals surface area contributed by atoms with Gasteiger partial charge in [-0.05, 0) is 24.5 Å². The molecule has 0 fully saturated rings. The molecule has 1 rings (SSSR count). The first kappa shape index (κ1) is 16.6. The number of carbonyl (C=O) groups excluding carboxylic acids is 1. The third-order valence-corrected chi connectivity index (χ3v) is 1.83. The van der Waals surface area contributed by atoms with E-state index in [1.54, 1.807) is 18.2 Å². The minimum Gasteiger partial charge on any atom is -0.370 e. The number of halogens is 3. The van der Waals surface area contributed by atoms with E-state index in [0.29, 0.717) is 24.8 Å². The Labute approximate surface area is 101 Å². The molecule has 0 atom stereocenters. The molecule has 0 aliphatic carbocycles. The molecular formula is C10H14Cl2FNO. The van der Waals surface area contributed by atoms with Crippen LogP contribution in [0.3, 0.4) is 0 Å². The summed E-state index contributed by atoms with van der Waals surface area (Å²) >= 11 is 0. The molecule has 15 heavy (non-hydrogen) atoms. The van der Waals surface area contributed by atoms with Crippen LogP contribution in [-0.2, 0) is 11.2 Å². The molecule has 1 aromatic carbocycles. The molecule has 86 valence electrons. The molecule has 2 N–H and O–H groups in total. The van der Waals surface area contributed by atoms with E-state index < -0.39 is 0 Å². The number of carbonyl (C=O) groups is 1. The van der Waals surface area contributed by atoms with Gasteiger partial charge in [-0.25, -0.2) is 4.39 Å². The Kier molecular flexibility index (Phi) is 9.42. The summed E-state index contributed by atoms with van der Waals surface area (Å²) in [6, 6.07) is 6.56. The number of benzene rings is 1. The van der Waals surface area contributed by atoms with Crippen molar-refractivity contribution < 1.29 is 9.18 Å². The molecule has 1 aromatic rings. The fourth-order valence-corrected chi connectivity index (χ4v) is 1.15. The van der Waals surface area contributed by atoms with Gasteiger partial charge in [0.25, 0.3) is 0 Å². The lowest BCUT2D eigenvalue weighted by Gasteiger charge is -2.00. The van der Waals surface area contributed by atoms with Crippen LogP contribution in [0.15, 0.2) is 24.3 Å². The summed E-state index contributed by atoms with van der Waals surface area (Å²) in [5.74, 6) is -0.552. The third-order valence-electron chi connectivity index (χ3n) is 1.83.